The number of carbonyl (C=O) groups excluding carboxylic acids is 2. The predicted molar refractivity (Wildman–Crippen MR) is 130 cm³/mol. The second-order valence-electron chi connectivity index (χ2n) is 9.57. The van der Waals surface area contributed by atoms with Gasteiger partial charge in [-0.25, -0.2) is 4.79 Å². The van der Waals surface area contributed by atoms with Crippen molar-refractivity contribution < 1.29 is 28.6 Å². The first kappa shape index (κ1) is 26.7. The highest BCUT2D eigenvalue weighted by atomic mass is 28.4. The Kier molecular flexibility index (Phi) is 8.59. The van der Waals surface area contributed by atoms with Crippen molar-refractivity contribution in [3.8, 4) is 17.2 Å². The molecule has 0 spiro atoms. The average molecular weight is 479 g/mol. The van der Waals surface area contributed by atoms with E-state index in [1.54, 1.807) is 6.20 Å². The van der Waals surface area contributed by atoms with E-state index in [-0.39, 0.29) is 24.0 Å². The maximum absolute atomic E-state index is 13.4. The van der Waals surface area contributed by atoms with Crippen molar-refractivity contribution >= 4 is 20.3 Å². The summed E-state index contributed by atoms with van der Waals surface area (Å²) in [6.45, 7) is 14.7. The van der Waals surface area contributed by atoms with Crippen LogP contribution < -0.4 is 19.6 Å². The van der Waals surface area contributed by atoms with E-state index in [1.807, 2.05) is 6.92 Å². The SMILES string of the molecule is COc1cc(C(=O)N2C=C(C)CC2CO)c(OC(N)=O)cc1O[Si](C(C)C)(C(C)C)C(C)C. The van der Waals surface area contributed by atoms with Gasteiger partial charge in [-0.05, 0) is 30.0 Å². The molecule has 1 aromatic rings. The number of hydrogen-bond donors (Lipinski definition) is 2. The van der Waals surface area contributed by atoms with Gasteiger partial charge in [-0.15, -0.1) is 0 Å². The van der Waals surface area contributed by atoms with Crippen molar-refractivity contribution in [2.24, 2.45) is 5.73 Å². The molecule has 1 unspecified atom stereocenters. The van der Waals surface area contributed by atoms with E-state index in [0.29, 0.717) is 34.5 Å². The topological polar surface area (TPSA) is 111 Å². The third-order valence-electron chi connectivity index (χ3n) is 6.46. The second kappa shape index (κ2) is 10.6. The molecule has 0 fully saturated rings. The van der Waals surface area contributed by atoms with Crippen molar-refractivity contribution in [3.63, 3.8) is 0 Å². The molecule has 0 radical (unpaired) electrons. The highest BCUT2D eigenvalue weighted by Crippen LogP contribution is 2.46. The second-order valence-corrected chi connectivity index (χ2v) is 14.9. The number of nitrogens with zero attached hydrogens (tertiary/aromatic N) is 1. The number of methoxy groups -OCH3 is 1. The zero-order chi connectivity index (χ0) is 25.1. The number of primary amides is 1. The van der Waals surface area contributed by atoms with Crippen LogP contribution in [0.3, 0.4) is 0 Å². The van der Waals surface area contributed by atoms with Gasteiger partial charge < -0.3 is 29.6 Å². The zero-order valence-corrected chi connectivity index (χ0v) is 22.0. The van der Waals surface area contributed by atoms with Gasteiger partial charge in [0.2, 0.25) is 0 Å². The molecule has 2 rings (SSSR count). The molecular formula is C24H38N2O6Si. The molecule has 33 heavy (non-hydrogen) atoms. The summed E-state index contributed by atoms with van der Waals surface area (Å²) in [7, 11) is -0.860. The molecule has 0 saturated carbocycles. The van der Waals surface area contributed by atoms with Gasteiger partial charge in [-0.3, -0.25) is 4.79 Å². The van der Waals surface area contributed by atoms with Crippen LogP contribution in [0.2, 0.25) is 16.6 Å². The van der Waals surface area contributed by atoms with Gasteiger partial charge >= 0.3 is 6.09 Å². The van der Waals surface area contributed by atoms with Crippen LogP contribution in [0.4, 0.5) is 4.79 Å². The molecule has 0 bridgehead atoms. The van der Waals surface area contributed by atoms with Crippen molar-refractivity contribution in [3.05, 3.63) is 29.5 Å². The summed E-state index contributed by atoms with van der Waals surface area (Å²) in [5.74, 6) is 0.360. The van der Waals surface area contributed by atoms with Gasteiger partial charge in [0.25, 0.3) is 14.2 Å². The molecule has 1 atom stereocenters. The highest BCUT2D eigenvalue weighted by molar-refractivity contribution is 6.78. The molecule has 2 amide bonds. The number of aliphatic hydroxyl groups excluding tert-OH is 1. The smallest absolute Gasteiger partial charge is 0.409 e. The number of hydrogen-bond acceptors (Lipinski definition) is 6. The van der Waals surface area contributed by atoms with Crippen molar-refractivity contribution in [2.45, 2.75) is 77.6 Å². The van der Waals surface area contributed by atoms with Gasteiger partial charge in [0, 0.05) is 18.3 Å². The first-order valence-electron chi connectivity index (χ1n) is 11.4. The Morgan fingerprint density at radius 3 is 2.12 bits per heavy atom. The number of rotatable bonds is 9. The minimum Gasteiger partial charge on any atom is -0.540 e. The molecule has 1 aliphatic rings. The third-order valence-corrected chi connectivity index (χ3v) is 12.4. The summed E-state index contributed by atoms with van der Waals surface area (Å²) in [5.41, 5.74) is 7.28. The fraction of sp³-hybridized carbons (Fsp3) is 0.583. The summed E-state index contributed by atoms with van der Waals surface area (Å²) in [6, 6.07) is 2.65. The van der Waals surface area contributed by atoms with Crippen LogP contribution in [0.1, 0.15) is 65.2 Å². The first-order valence-corrected chi connectivity index (χ1v) is 13.5. The highest BCUT2D eigenvalue weighted by Gasteiger charge is 2.47. The number of aliphatic hydroxyl groups is 1. The molecular weight excluding hydrogens is 440 g/mol. The molecule has 3 N–H and O–H groups in total. The Morgan fingerprint density at radius 2 is 1.67 bits per heavy atom. The number of benzene rings is 1. The summed E-state index contributed by atoms with van der Waals surface area (Å²) in [5, 5.41) is 9.72. The van der Waals surface area contributed by atoms with Crippen LogP contribution in [0, 0.1) is 0 Å². The van der Waals surface area contributed by atoms with E-state index >= 15 is 0 Å². The molecule has 9 heteroatoms. The van der Waals surface area contributed by atoms with Gasteiger partial charge in [-0.2, -0.15) is 0 Å². The van der Waals surface area contributed by atoms with Gasteiger partial charge in [-0.1, -0.05) is 47.1 Å². The van der Waals surface area contributed by atoms with Crippen molar-refractivity contribution in [2.75, 3.05) is 13.7 Å². The minimum absolute atomic E-state index is 0.00267. The quantitative estimate of drug-likeness (QED) is 0.492. The average Bonchev–Trinajstić information content (AvgIpc) is 3.11. The van der Waals surface area contributed by atoms with Crippen LogP contribution in [0.5, 0.6) is 17.2 Å². The Balaban J connectivity index is 2.64. The summed E-state index contributed by atoms with van der Waals surface area (Å²) in [4.78, 5) is 26.5. The summed E-state index contributed by atoms with van der Waals surface area (Å²) < 4.78 is 17.6. The molecule has 0 aromatic heterocycles. The Labute approximate surface area is 197 Å². The van der Waals surface area contributed by atoms with E-state index in [9.17, 15) is 14.7 Å². The minimum atomic E-state index is -2.36. The molecule has 0 saturated heterocycles. The Morgan fingerprint density at radius 1 is 1.09 bits per heavy atom. The Bertz CT molecular complexity index is 891. The first-order chi connectivity index (χ1) is 15.4. The number of ether oxygens (including phenoxy) is 2. The lowest BCUT2D eigenvalue weighted by molar-refractivity contribution is 0.0729. The molecule has 0 aliphatic carbocycles. The molecule has 8 nitrogen and oxygen atoms in total. The van der Waals surface area contributed by atoms with Crippen LogP contribution in [-0.4, -0.2) is 50.1 Å². The molecule has 184 valence electrons. The van der Waals surface area contributed by atoms with Crippen LogP contribution in [0.15, 0.2) is 23.9 Å². The van der Waals surface area contributed by atoms with Gasteiger partial charge in [0.05, 0.1) is 25.3 Å². The van der Waals surface area contributed by atoms with Crippen molar-refractivity contribution in [1.82, 2.24) is 4.90 Å². The Hall–Kier alpha value is -2.52. The standard InChI is InChI=1S/C24H38N2O6Si/c1-14(2)33(15(3)4,16(5)6)32-22-11-20(31-24(25)29)19(10-21(22)30-8)23(28)26-12-17(7)9-18(26)13-27/h10-12,14-16,18,27H,9,13H2,1-8H3,(H2,25,29). The number of nitrogens with two attached hydrogens (primary N) is 1. The molecule has 1 aromatic carbocycles. The maximum atomic E-state index is 13.4. The fourth-order valence-corrected chi connectivity index (χ4v) is 10.3. The zero-order valence-electron chi connectivity index (χ0n) is 21.0. The fourth-order valence-electron chi connectivity index (χ4n) is 5.07. The van der Waals surface area contributed by atoms with Crippen LogP contribution in [0.25, 0.3) is 0 Å². The van der Waals surface area contributed by atoms with Crippen molar-refractivity contribution in [1.29, 1.82) is 0 Å². The monoisotopic (exact) mass is 478 g/mol. The van der Waals surface area contributed by atoms with E-state index in [4.69, 9.17) is 19.6 Å². The maximum Gasteiger partial charge on any atom is 0.409 e. The van der Waals surface area contributed by atoms with Gasteiger partial charge in [0.15, 0.2) is 5.75 Å². The van der Waals surface area contributed by atoms with E-state index < -0.39 is 20.3 Å². The number of carbonyl (C=O) groups is 2. The lowest BCUT2D eigenvalue weighted by Crippen LogP contribution is -2.50. The third kappa shape index (κ3) is 5.35. The largest absolute Gasteiger partial charge is 0.540 e. The normalized spacial score (nSPS) is 16.4. The van der Waals surface area contributed by atoms with E-state index in [2.05, 4.69) is 41.5 Å². The number of amides is 2. The van der Waals surface area contributed by atoms with E-state index in [1.165, 1.54) is 24.1 Å². The van der Waals surface area contributed by atoms with Crippen LogP contribution >= 0.6 is 0 Å². The van der Waals surface area contributed by atoms with Crippen LogP contribution in [-0.2, 0) is 0 Å². The lowest BCUT2D eigenvalue weighted by atomic mass is 10.1. The summed E-state index contributed by atoms with van der Waals surface area (Å²) >= 11 is 0. The van der Waals surface area contributed by atoms with E-state index in [0.717, 1.165) is 5.57 Å². The lowest BCUT2D eigenvalue weighted by Gasteiger charge is -2.42. The molecule has 1 aliphatic heterocycles. The predicted octanol–water partition coefficient (Wildman–Crippen LogP) is 4.82. The van der Waals surface area contributed by atoms with Gasteiger partial charge in [0.1, 0.15) is 11.5 Å². The molecule has 1 heterocycles. The summed E-state index contributed by atoms with van der Waals surface area (Å²) in [6.07, 6.45) is 1.23.